The quantitative estimate of drug-likeness (QED) is 0.878. The van der Waals surface area contributed by atoms with Gasteiger partial charge in [-0.2, -0.15) is 4.31 Å². The molecule has 0 aromatic heterocycles. The van der Waals surface area contributed by atoms with Gasteiger partial charge in [0.1, 0.15) is 5.75 Å². The molecule has 0 bridgehead atoms. The molecule has 5 nitrogen and oxygen atoms in total. The SMILES string of the molecule is CNCC1CCN(S(=O)(=O)c2ccc(OC)c(Cl)c2)C1.Cl. The van der Waals surface area contributed by atoms with Crippen LogP contribution in [0.5, 0.6) is 5.75 Å². The topological polar surface area (TPSA) is 58.6 Å². The molecule has 1 saturated heterocycles. The Morgan fingerprint density at radius 2 is 2.19 bits per heavy atom. The highest BCUT2D eigenvalue weighted by molar-refractivity contribution is 7.89. The second kappa shape index (κ2) is 7.65. The molecule has 21 heavy (non-hydrogen) atoms. The van der Waals surface area contributed by atoms with Gasteiger partial charge in [0.15, 0.2) is 0 Å². The zero-order chi connectivity index (χ0) is 14.8. The Kier molecular flexibility index (Phi) is 6.74. The summed E-state index contributed by atoms with van der Waals surface area (Å²) in [5.41, 5.74) is 0. The standard InChI is InChI=1S/C13H19ClN2O3S.ClH/c1-15-8-10-5-6-16(9-10)20(17,18)11-3-4-13(19-2)12(14)7-11;/h3-4,7,10,15H,5-6,8-9H2,1-2H3;1H. The van der Waals surface area contributed by atoms with Crippen molar-refractivity contribution in [1.29, 1.82) is 0 Å². The predicted octanol–water partition coefficient (Wildman–Crippen LogP) is 2.00. The summed E-state index contributed by atoms with van der Waals surface area (Å²) in [6.45, 7) is 1.93. The highest BCUT2D eigenvalue weighted by atomic mass is 35.5. The minimum atomic E-state index is -3.47. The van der Waals surface area contributed by atoms with E-state index < -0.39 is 10.0 Å². The second-order valence-corrected chi connectivity index (χ2v) is 7.22. The van der Waals surface area contributed by atoms with Gasteiger partial charge >= 0.3 is 0 Å². The van der Waals surface area contributed by atoms with Crippen molar-refractivity contribution in [2.75, 3.05) is 33.8 Å². The smallest absolute Gasteiger partial charge is 0.243 e. The lowest BCUT2D eigenvalue weighted by Gasteiger charge is -2.17. The summed E-state index contributed by atoms with van der Waals surface area (Å²) < 4.78 is 31.6. The van der Waals surface area contributed by atoms with Crippen LogP contribution in [-0.4, -0.2) is 46.5 Å². The molecule has 0 aliphatic carbocycles. The Morgan fingerprint density at radius 1 is 1.48 bits per heavy atom. The fourth-order valence-electron chi connectivity index (χ4n) is 2.43. The maximum atomic E-state index is 12.5. The van der Waals surface area contributed by atoms with E-state index in [1.165, 1.54) is 23.5 Å². The van der Waals surface area contributed by atoms with Gasteiger partial charge in [0.25, 0.3) is 0 Å². The normalized spacial score (nSPS) is 19.3. The fourth-order valence-corrected chi connectivity index (χ4v) is 4.31. The third-order valence-electron chi connectivity index (χ3n) is 3.50. The molecule has 0 radical (unpaired) electrons. The number of hydrogen-bond donors (Lipinski definition) is 1. The minimum absolute atomic E-state index is 0. The van der Waals surface area contributed by atoms with E-state index in [1.54, 1.807) is 6.07 Å². The number of nitrogens with zero attached hydrogens (tertiary/aromatic N) is 1. The molecule has 1 fully saturated rings. The number of ether oxygens (including phenoxy) is 1. The van der Waals surface area contributed by atoms with E-state index in [1.807, 2.05) is 7.05 Å². The van der Waals surface area contributed by atoms with Crippen LogP contribution >= 0.6 is 24.0 Å². The van der Waals surface area contributed by atoms with Gasteiger partial charge in [-0.1, -0.05) is 11.6 Å². The van der Waals surface area contributed by atoms with Crippen LogP contribution in [0.3, 0.4) is 0 Å². The first kappa shape index (κ1) is 18.5. The third-order valence-corrected chi connectivity index (χ3v) is 5.66. The number of hydrogen-bond acceptors (Lipinski definition) is 4. The van der Waals surface area contributed by atoms with Crippen LogP contribution in [0.15, 0.2) is 23.1 Å². The molecular formula is C13H20Cl2N2O3S. The van der Waals surface area contributed by atoms with Crippen molar-refractivity contribution < 1.29 is 13.2 Å². The second-order valence-electron chi connectivity index (χ2n) is 4.87. The highest BCUT2D eigenvalue weighted by Crippen LogP contribution is 2.30. The van der Waals surface area contributed by atoms with E-state index >= 15 is 0 Å². The van der Waals surface area contributed by atoms with Gasteiger partial charge in [0, 0.05) is 13.1 Å². The molecule has 1 unspecified atom stereocenters. The maximum absolute atomic E-state index is 12.5. The minimum Gasteiger partial charge on any atom is -0.495 e. The lowest BCUT2D eigenvalue weighted by Crippen LogP contribution is -2.30. The third kappa shape index (κ3) is 4.02. The van der Waals surface area contributed by atoms with Crippen molar-refractivity contribution in [3.8, 4) is 5.75 Å². The molecular weight excluding hydrogens is 335 g/mol. The first-order valence-electron chi connectivity index (χ1n) is 6.47. The number of sulfonamides is 1. The Labute approximate surface area is 137 Å². The number of nitrogens with one attached hydrogen (secondary N) is 1. The van der Waals surface area contributed by atoms with Crippen LogP contribution in [0, 0.1) is 5.92 Å². The average Bonchev–Trinajstić information content (AvgIpc) is 2.88. The molecule has 2 rings (SSSR count). The zero-order valence-electron chi connectivity index (χ0n) is 12.0. The van der Waals surface area contributed by atoms with E-state index in [0.29, 0.717) is 29.8 Å². The van der Waals surface area contributed by atoms with Crippen molar-refractivity contribution in [3.05, 3.63) is 23.2 Å². The van der Waals surface area contributed by atoms with E-state index in [9.17, 15) is 8.42 Å². The van der Waals surface area contributed by atoms with Gasteiger partial charge in [0.2, 0.25) is 10.0 Å². The summed E-state index contributed by atoms with van der Waals surface area (Å²) in [4.78, 5) is 0.216. The summed E-state index contributed by atoms with van der Waals surface area (Å²) >= 11 is 6.00. The summed E-state index contributed by atoms with van der Waals surface area (Å²) in [7, 11) is -0.0982. The van der Waals surface area contributed by atoms with Gasteiger partial charge in [-0.25, -0.2) is 8.42 Å². The Hall–Kier alpha value is -0.530. The number of halogens is 2. The van der Waals surface area contributed by atoms with Crippen LogP contribution in [0.1, 0.15) is 6.42 Å². The van der Waals surface area contributed by atoms with Crippen molar-refractivity contribution in [3.63, 3.8) is 0 Å². The molecule has 0 amide bonds. The first-order valence-corrected chi connectivity index (χ1v) is 8.29. The van der Waals surface area contributed by atoms with Crippen molar-refractivity contribution in [2.45, 2.75) is 11.3 Å². The van der Waals surface area contributed by atoms with E-state index in [4.69, 9.17) is 16.3 Å². The van der Waals surface area contributed by atoms with Crippen LogP contribution in [0.2, 0.25) is 5.02 Å². The molecule has 1 aromatic rings. The molecule has 1 N–H and O–H groups in total. The maximum Gasteiger partial charge on any atom is 0.243 e. The largest absolute Gasteiger partial charge is 0.495 e. The van der Waals surface area contributed by atoms with E-state index in [-0.39, 0.29) is 17.3 Å². The van der Waals surface area contributed by atoms with E-state index in [2.05, 4.69) is 5.32 Å². The molecule has 1 aliphatic heterocycles. The lowest BCUT2D eigenvalue weighted by atomic mass is 10.1. The summed E-state index contributed by atoms with van der Waals surface area (Å²) in [6.07, 6.45) is 0.879. The van der Waals surface area contributed by atoms with Gasteiger partial charge in [-0.05, 0) is 44.1 Å². The van der Waals surface area contributed by atoms with Crippen LogP contribution < -0.4 is 10.1 Å². The molecule has 1 aliphatic rings. The van der Waals surface area contributed by atoms with Crippen molar-refractivity contribution in [2.24, 2.45) is 5.92 Å². The highest BCUT2D eigenvalue weighted by Gasteiger charge is 2.32. The zero-order valence-corrected chi connectivity index (χ0v) is 14.4. The molecule has 120 valence electrons. The lowest BCUT2D eigenvalue weighted by molar-refractivity contribution is 0.414. The van der Waals surface area contributed by atoms with Crippen molar-refractivity contribution in [1.82, 2.24) is 9.62 Å². The number of benzene rings is 1. The van der Waals surface area contributed by atoms with E-state index in [0.717, 1.165) is 13.0 Å². The molecule has 0 spiro atoms. The summed E-state index contributed by atoms with van der Waals surface area (Å²) in [6, 6.07) is 4.56. The Balaban J connectivity index is 0.00000220. The molecule has 1 atom stereocenters. The Morgan fingerprint density at radius 3 is 2.76 bits per heavy atom. The van der Waals surface area contributed by atoms with Crippen molar-refractivity contribution >= 4 is 34.0 Å². The van der Waals surface area contributed by atoms with Gasteiger partial charge in [0.05, 0.1) is 17.0 Å². The molecule has 8 heteroatoms. The van der Waals surface area contributed by atoms with Crippen LogP contribution in [-0.2, 0) is 10.0 Å². The van der Waals surface area contributed by atoms with Crippen LogP contribution in [0.4, 0.5) is 0 Å². The molecule has 0 saturated carbocycles. The van der Waals surface area contributed by atoms with Crippen LogP contribution in [0.25, 0.3) is 0 Å². The monoisotopic (exact) mass is 354 g/mol. The number of rotatable bonds is 5. The summed E-state index contributed by atoms with van der Waals surface area (Å²) in [5, 5.41) is 3.39. The molecule has 1 aromatic carbocycles. The Bertz CT molecular complexity index is 581. The average molecular weight is 355 g/mol. The molecule has 1 heterocycles. The summed E-state index contributed by atoms with van der Waals surface area (Å²) in [5.74, 6) is 0.837. The fraction of sp³-hybridized carbons (Fsp3) is 0.538. The predicted molar refractivity (Wildman–Crippen MR) is 86.0 cm³/mol. The van der Waals surface area contributed by atoms with Gasteiger partial charge in [-0.15, -0.1) is 12.4 Å². The van der Waals surface area contributed by atoms with Gasteiger partial charge < -0.3 is 10.1 Å². The first-order chi connectivity index (χ1) is 9.48. The van der Waals surface area contributed by atoms with Gasteiger partial charge in [-0.3, -0.25) is 0 Å². The number of methoxy groups -OCH3 is 1.